The number of amides is 1. The number of hydrogen-bond acceptors (Lipinski definition) is 5. The monoisotopic (exact) mass is 462 g/mol. The topological polar surface area (TPSA) is 104 Å². The number of aromatic amines is 1. The minimum atomic E-state index is -3.29. The summed E-state index contributed by atoms with van der Waals surface area (Å²) in [5, 5.41) is 3.51. The molecule has 164 valence electrons. The van der Waals surface area contributed by atoms with Crippen molar-refractivity contribution in [2.45, 2.75) is 18.9 Å². The number of carbonyl (C=O) groups excluding carboxylic acids is 1. The molecule has 1 amide bonds. The zero-order chi connectivity index (χ0) is 22.0. The molecular formula is C21H23ClN4O4S. The van der Waals surface area contributed by atoms with Gasteiger partial charge in [-0.2, -0.15) is 0 Å². The molecule has 1 aliphatic rings. The molecule has 1 aromatic heterocycles. The van der Waals surface area contributed by atoms with Crippen molar-refractivity contribution in [3.05, 3.63) is 58.9 Å². The average Bonchev–Trinajstić information content (AvgIpc) is 3.16. The van der Waals surface area contributed by atoms with Crippen LogP contribution in [0.5, 0.6) is 0 Å². The molecule has 0 unspecified atom stereocenters. The highest BCUT2D eigenvalue weighted by molar-refractivity contribution is 7.92. The average molecular weight is 463 g/mol. The maximum absolute atomic E-state index is 12.8. The number of imidazole rings is 1. The normalized spacial score (nSPS) is 16.9. The Bertz CT molecular complexity index is 1190. The fourth-order valence-corrected chi connectivity index (χ4v) is 5.43. The second-order valence-electron chi connectivity index (χ2n) is 7.41. The van der Waals surface area contributed by atoms with Gasteiger partial charge in [0.2, 0.25) is 10.0 Å². The van der Waals surface area contributed by atoms with E-state index in [1.807, 2.05) is 0 Å². The van der Waals surface area contributed by atoms with Crippen LogP contribution in [0.25, 0.3) is 11.0 Å². The van der Waals surface area contributed by atoms with Crippen LogP contribution in [0.3, 0.4) is 0 Å². The number of nitrogens with one attached hydrogen (secondary N) is 2. The molecule has 8 nitrogen and oxygen atoms in total. The third kappa shape index (κ3) is 4.68. The van der Waals surface area contributed by atoms with Crippen LogP contribution in [0.4, 0.5) is 5.69 Å². The number of benzene rings is 2. The number of sulfonamides is 1. The Balaban J connectivity index is 1.52. The van der Waals surface area contributed by atoms with Crippen molar-refractivity contribution in [2.24, 2.45) is 0 Å². The van der Waals surface area contributed by atoms with E-state index < -0.39 is 16.1 Å². The molecule has 1 aliphatic heterocycles. The van der Waals surface area contributed by atoms with Gasteiger partial charge in [-0.3, -0.25) is 9.10 Å². The van der Waals surface area contributed by atoms with Crippen LogP contribution in [-0.4, -0.2) is 50.3 Å². The molecule has 0 saturated carbocycles. The first kappa shape index (κ1) is 21.6. The number of halogens is 1. The SMILES string of the molecule is COC[C@H](NC(=O)c1ccc(N2CCCCS2(=O)=O)cc1)c1nc2ccc(Cl)cc2[nH]1. The first-order valence-corrected chi connectivity index (χ1v) is 11.9. The van der Waals surface area contributed by atoms with Gasteiger partial charge in [-0.1, -0.05) is 11.6 Å². The molecule has 1 saturated heterocycles. The van der Waals surface area contributed by atoms with Gasteiger partial charge in [0, 0.05) is 24.2 Å². The van der Waals surface area contributed by atoms with Crippen LogP contribution in [0.1, 0.15) is 35.1 Å². The van der Waals surface area contributed by atoms with Gasteiger partial charge in [-0.05, 0) is 55.3 Å². The van der Waals surface area contributed by atoms with Crippen LogP contribution >= 0.6 is 11.6 Å². The van der Waals surface area contributed by atoms with E-state index in [4.69, 9.17) is 16.3 Å². The van der Waals surface area contributed by atoms with Gasteiger partial charge in [0.25, 0.3) is 5.91 Å². The molecule has 0 radical (unpaired) electrons. The van der Waals surface area contributed by atoms with Gasteiger partial charge in [0.05, 0.1) is 29.1 Å². The molecule has 1 atom stereocenters. The molecule has 0 aliphatic carbocycles. The maximum Gasteiger partial charge on any atom is 0.251 e. The Kier molecular flexibility index (Phi) is 6.17. The number of methoxy groups -OCH3 is 1. The lowest BCUT2D eigenvalue weighted by Crippen LogP contribution is -2.37. The number of rotatable bonds is 6. The highest BCUT2D eigenvalue weighted by Gasteiger charge is 2.26. The van der Waals surface area contributed by atoms with Crippen molar-refractivity contribution in [3.8, 4) is 0 Å². The molecule has 2 N–H and O–H groups in total. The van der Waals surface area contributed by atoms with Gasteiger partial charge in [0.15, 0.2) is 0 Å². The van der Waals surface area contributed by atoms with Crippen LogP contribution in [-0.2, 0) is 14.8 Å². The van der Waals surface area contributed by atoms with Gasteiger partial charge in [-0.25, -0.2) is 13.4 Å². The molecule has 0 spiro atoms. The van der Waals surface area contributed by atoms with Crippen LogP contribution < -0.4 is 9.62 Å². The minimum absolute atomic E-state index is 0.149. The number of anilines is 1. The van der Waals surface area contributed by atoms with Crippen molar-refractivity contribution >= 4 is 44.3 Å². The van der Waals surface area contributed by atoms with Crippen molar-refractivity contribution in [1.29, 1.82) is 0 Å². The van der Waals surface area contributed by atoms with Crippen LogP contribution in [0.2, 0.25) is 5.02 Å². The highest BCUT2D eigenvalue weighted by atomic mass is 35.5. The Hall–Kier alpha value is -2.62. The second-order valence-corrected chi connectivity index (χ2v) is 9.86. The van der Waals surface area contributed by atoms with Crippen molar-refractivity contribution in [1.82, 2.24) is 15.3 Å². The van der Waals surface area contributed by atoms with E-state index in [2.05, 4.69) is 15.3 Å². The summed E-state index contributed by atoms with van der Waals surface area (Å²) < 4.78 is 31.2. The summed E-state index contributed by atoms with van der Waals surface area (Å²) in [7, 11) is -1.75. The zero-order valence-corrected chi connectivity index (χ0v) is 18.5. The summed E-state index contributed by atoms with van der Waals surface area (Å²) in [5.74, 6) is 0.397. The Morgan fingerprint density at radius 2 is 2.03 bits per heavy atom. The van der Waals surface area contributed by atoms with Crippen LogP contribution in [0.15, 0.2) is 42.5 Å². The van der Waals surface area contributed by atoms with Gasteiger partial charge in [0.1, 0.15) is 11.9 Å². The fourth-order valence-electron chi connectivity index (χ4n) is 3.62. The summed E-state index contributed by atoms with van der Waals surface area (Å²) in [6.45, 7) is 0.684. The molecule has 3 aromatic rings. The van der Waals surface area contributed by atoms with Crippen molar-refractivity contribution in [2.75, 3.05) is 30.3 Å². The molecule has 2 aromatic carbocycles. The molecular weight excluding hydrogens is 440 g/mol. The van der Waals surface area contributed by atoms with Gasteiger partial charge >= 0.3 is 0 Å². The molecule has 2 heterocycles. The number of carbonyl (C=O) groups is 1. The fraction of sp³-hybridized carbons (Fsp3) is 0.333. The quantitative estimate of drug-likeness (QED) is 0.585. The standard InChI is InChI=1S/C21H23ClN4O4S/c1-30-13-19(20-23-17-9-6-15(22)12-18(17)24-20)25-21(27)14-4-7-16(8-5-14)26-10-2-3-11-31(26,28)29/h4-9,12,19H,2-3,10-11,13H2,1H3,(H,23,24)(H,25,27)/t19-/m0/s1. The summed E-state index contributed by atoms with van der Waals surface area (Å²) in [6.07, 6.45) is 1.50. The summed E-state index contributed by atoms with van der Waals surface area (Å²) in [5.41, 5.74) is 2.49. The Morgan fingerprint density at radius 3 is 2.74 bits per heavy atom. The lowest BCUT2D eigenvalue weighted by molar-refractivity contribution is 0.0892. The molecule has 0 bridgehead atoms. The Morgan fingerprint density at radius 1 is 1.26 bits per heavy atom. The lowest BCUT2D eigenvalue weighted by atomic mass is 10.1. The second kappa shape index (κ2) is 8.86. The van der Waals surface area contributed by atoms with E-state index in [1.165, 1.54) is 4.31 Å². The molecule has 1 fully saturated rings. The van der Waals surface area contributed by atoms with E-state index >= 15 is 0 Å². The highest BCUT2D eigenvalue weighted by Crippen LogP contribution is 2.24. The van der Waals surface area contributed by atoms with E-state index in [9.17, 15) is 13.2 Å². The van der Waals surface area contributed by atoms with E-state index in [0.29, 0.717) is 35.1 Å². The van der Waals surface area contributed by atoms with E-state index in [0.717, 1.165) is 17.5 Å². The number of aromatic nitrogens is 2. The lowest BCUT2D eigenvalue weighted by Gasteiger charge is -2.28. The van der Waals surface area contributed by atoms with Gasteiger partial charge < -0.3 is 15.0 Å². The number of fused-ring (bicyclic) bond motifs is 1. The summed E-state index contributed by atoms with van der Waals surface area (Å²) in [6, 6.07) is 11.4. The van der Waals surface area contributed by atoms with E-state index in [1.54, 1.807) is 49.6 Å². The number of ether oxygens (including phenoxy) is 1. The molecule has 31 heavy (non-hydrogen) atoms. The zero-order valence-electron chi connectivity index (χ0n) is 17.0. The Labute approximate surface area is 185 Å². The summed E-state index contributed by atoms with van der Waals surface area (Å²) >= 11 is 6.04. The predicted molar refractivity (Wildman–Crippen MR) is 120 cm³/mol. The number of nitrogens with zero attached hydrogens (tertiary/aromatic N) is 2. The van der Waals surface area contributed by atoms with Crippen molar-refractivity contribution < 1.29 is 17.9 Å². The third-order valence-electron chi connectivity index (χ3n) is 5.20. The predicted octanol–water partition coefficient (Wildman–Crippen LogP) is 3.26. The maximum atomic E-state index is 12.8. The first-order valence-electron chi connectivity index (χ1n) is 9.93. The van der Waals surface area contributed by atoms with Gasteiger partial charge in [-0.15, -0.1) is 0 Å². The summed E-state index contributed by atoms with van der Waals surface area (Å²) in [4.78, 5) is 20.5. The van der Waals surface area contributed by atoms with Crippen LogP contribution in [0, 0.1) is 0 Å². The number of hydrogen-bond donors (Lipinski definition) is 2. The molecule has 10 heteroatoms. The van der Waals surface area contributed by atoms with E-state index in [-0.39, 0.29) is 18.3 Å². The number of H-pyrrole nitrogens is 1. The minimum Gasteiger partial charge on any atom is -0.382 e. The molecule has 4 rings (SSSR count). The smallest absolute Gasteiger partial charge is 0.251 e. The van der Waals surface area contributed by atoms with Crippen molar-refractivity contribution in [3.63, 3.8) is 0 Å². The third-order valence-corrected chi connectivity index (χ3v) is 7.30. The largest absolute Gasteiger partial charge is 0.382 e. The first-order chi connectivity index (χ1) is 14.9.